The number of allylic oxidation sites excluding steroid dienone is 9. The number of aliphatic carboxylic acids is 1. The number of amides is 1. The summed E-state index contributed by atoms with van der Waals surface area (Å²) in [6.45, 7) is 1.78. The van der Waals surface area contributed by atoms with E-state index >= 15 is 0 Å². The highest BCUT2D eigenvalue weighted by Gasteiger charge is 2.16. The fraction of sp³-hybridized carbons (Fsp3) is 0.357. The van der Waals surface area contributed by atoms with Crippen LogP contribution < -0.4 is 4.90 Å². The number of nitrogens with zero attached hydrogens (tertiary/aromatic N) is 1. The SMILES string of the molecule is CCCCCCCCCC=CC=CC=CC=CC=CC(=O)N(CC(=O)O)c1ccc(O)cc1. The molecule has 33 heavy (non-hydrogen) atoms. The summed E-state index contributed by atoms with van der Waals surface area (Å²) in [4.78, 5) is 24.6. The highest BCUT2D eigenvalue weighted by molar-refractivity contribution is 6.04. The van der Waals surface area contributed by atoms with E-state index in [4.69, 9.17) is 5.11 Å². The van der Waals surface area contributed by atoms with E-state index < -0.39 is 18.4 Å². The molecule has 0 unspecified atom stereocenters. The topological polar surface area (TPSA) is 77.8 Å². The van der Waals surface area contributed by atoms with Crippen LogP contribution in [0.1, 0.15) is 58.3 Å². The normalized spacial score (nSPS) is 12.2. The molecule has 0 atom stereocenters. The Labute approximate surface area is 198 Å². The predicted octanol–water partition coefficient (Wildman–Crippen LogP) is 6.73. The third-order valence-electron chi connectivity index (χ3n) is 4.85. The molecule has 1 aromatic rings. The molecule has 0 aliphatic carbocycles. The second-order valence-corrected chi connectivity index (χ2v) is 7.69. The number of rotatable bonds is 16. The molecule has 178 valence electrons. The van der Waals surface area contributed by atoms with Gasteiger partial charge in [0.1, 0.15) is 12.3 Å². The van der Waals surface area contributed by atoms with Crippen molar-refractivity contribution in [2.24, 2.45) is 0 Å². The molecule has 0 fully saturated rings. The molecule has 5 nitrogen and oxygen atoms in total. The van der Waals surface area contributed by atoms with Crippen LogP contribution in [0.3, 0.4) is 0 Å². The smallest absolute Gasteiger partial charge is 0.323 e. The van der Waals surface area contributed by atoms with Crippen molar-refractivity contribution in [3.05, 3.63) is 85.0 Å². The fourth-order valence-electron chi connectivity index (χ4n) is 3.07. The predicted molar refractivity (Wildman–Crippen MR) is 136 cm³/mol. The number of carboxylic acids is 1. The number of carboxylic acid groups (broad SMARTS) is 1. The van der Waals surface area contributed by atoms with E-state index in [1.54, 1.807) is 18.2 Å². The van der Waals surface area contributed by atoms with E-state index in [2.05, 4.69) is 19.1 Å². The number of anilines is 1. The van der Waals surface area contributed by atoms with E-state index in [1.807, 2.05) is 24.3 Å². The molecular weight excluding hydrogens is 414 g/mol. The quantitative estimate of drug-likeness (QED) is 0.166. The van der Waals surface area contributed by atoms with Crippen molar-refractivity contribution in [2.75, 3.05) is 11.4 Å². The van der Waals surface area contributed by atoms with Crippen LogP contribution in [0.15, 0.2) is 85.0 Å². The van der Waals surface area contributed by atoms with Gasteiger partial charge in [-0.25, -0.2) is 0 Å². The molecule has 0 radical (unpaired) electrons. The zero-order valence-corrected chi connectivity index (χ0v) is 19.6. The van der Waals surface area contributed by atoms with Gasteiger partial charge >= 0.3 is 5.97 Å². The van der Waals surface area contributed by atoms with Gasteiger partial charge in [-0.1, -0.05) is 100 Å². The third kappa shape index (κ3) is 14.4. The number of unbranched alkanes of at least 4 members (excludes halogenated alkanes) is 7. The van der Waals surface area contributed by atoms with Gasteiger partial charge in [-0.2, -0.15) is 0 Å². The van der Waals surface area contributed by atoms with Crippen LogP contribution in [0.25, 0.3) is 0 Å². The molecule has 1 amide bonds. The summed E-state index contributed by atoms with van der Waals surface area (Å²) in [7, 11) is 0. The summed E-state index contributed by atoms with van der Waals surface area (Å²) in [5.74, 6) is -1.53. The van der Waals surface area contributed by atoms with Crippen molar-refractivity contribution in [3.63, 3.8) is 0 Å². The Kier molecular flexibility index (Phi) is 15.3. The van der Waals surface area contributed by atoms with Crippen molar-refractivity contribution < 1.29 is 19.8 Å². The lowest BCUT2D eigenvalue weighted by Gasteiger charge is -2.19. The van der Waals surface area contributed by atoms with Crippen molar-refractivity contribution in [1.82, 2.24) is 0 Å². The van der Waals surface area contributed by atoms with Crippen molar-refractivity contribution in [1.29, 1.82) is 0 Å². The summed E-state index contributed by atoms with van der Waals surface area (Å²) in [6.07, 6.45) is 28.7. The van der Waals surface area contributed by atoms with E-state index in [1.165, 1.54) is 75.3 Å². The standard InChI is InChI=1S/C28H37NO4/c1-2-3-4-5-6-7-8-9-10-11-12-13-14-15-16-17-18-19-27(31)29(24-28(32)33)25-20-22-26(30)23-21-25/h10-23,30H,2-9,24H2,1H3,(H,32,33). The Morgan fingerprint density at radius 3 is 1.94 bits per heavy atom. The van der Waals surface area contributed by atoms with Crippen molar-refractivity contribution in [3.8, 4) is 5.75 Å². The molecule has 2 N–H and O–H groups in total. The Bertz CT molecular complexity index is 832. The lowest BCUT2D eigenvalue weighted by molar-refractivity contribution is -0.136. The first-order chi connectivity index (χ1) is 16.0. The third-order valence-corrected chi connectivity index (χ3v) is 4.85. The van der Waals surface area contributed by atoms with E-state index in [0.717, 1.165) is 11.3 Å². The molecular formula is C28H37NO4. The van der Waals surface area contributed by atoms with Gasteiger partial charge in [-0.15, -0.1) is 0 Å². The number of hydrogen-bond acceptors (Lipinski definition) is 3. The number of benzene rings is 1. The molecule has 0 aliphatic rings. The molecule has 0 aromatic heterocycles. The van der Waals surface area contributed by atoms with Crippen LogP contribution in [-0.4, -0.2) is 28.6 Å². The minimum atomic E-state index is -1.12. The Morgan fingerprint density at radius 1 is 0.788 bits per heavy atom. The van der Waals surface area contributed by atoms with E-state index in [-0.39, 0.29) is 5.75 Å². The number of phenols is 1. The number of carbonyl (C=O) groups is 2. The molecule has 1 rings (SSSR count). The van der Waals surface area contributed by atoms with Gasteiger partial charge in [0.15, 0.2) is 0 Å². The van der Waals surface area contributed by atoms with Crippen molar-refractivity contribution in [2.45, 2.75) is 58.3 Å². The number of aromatic hydroxyl groups is 1. The maximum atomic E-state index is 12.4. The average molecular weight is 452 g/mol. The van der Waals surface area contributed by atoms with Gasteiger partial charge in [0.2, 0.25) is 0 Å². The van der Waals surface area contributed by atoms with Gasteiger partial charge in [-0.3, -0.25) is 14.5 Å². The Hall–Kier alpha value is -3.34. The lowest BCUT2D eigenvalue weighted by Crippen LogP contribution is -2.34. The number of phenolic OH excluding ortho intramolecular Hbond substituents is 1. The fourth-order valence-corrected chi connectivity index (χ4v) is 3.07. The Morgan fingerprint density at radius 2 is 1.33 bits per heavy atom. The molecule has 0 bridgehead atoms. The zero-order valence-electron chi connectivity index (χ0n) is 19.6. The molecule has 1 aromatic carbocycles. The van der Waals surface area contributed by atoms with Crippen LogP contribution in [0.2, 0.25) is 0 Å². The maximum Gasteiger partial charge on any atom is 0.323 e. The van der Waals surface area contributed by atoms with Crippen LogP contribution in [0.4, 0.5) is 5.69 Å². The van der Waals surface area contributed by atoms with E-state index in [9.17, 15) is 14.7 Å². The van der Waals surface area contributed by atoms with Gasteiger partial charge < -0.3 is 10.2 Å². The first-order valence-electron chi connectivity index (χ1n) is 11.7. The van der Waals surface area contributed by atoms with Crippen LogP contribution in [-0.2, 0) is 9.59 Å². The summed E-state index contributed by atoms with van der Waals surface area (Å²) in [5.41, 5.74) is 0.402. The van der Waals surface area contributed by atoms with Gasteiger partial charge in [0.25, 0.3) is 5.91 Å². The summed E-state index contributed by atoms with van der Waals surface area (Å²) >= 11 is 0. The minimum absolute atomic E-state index is 0.0458. The van der Waals surface area contributed by atoms with Crippen molar-refractivity contribution >= 4 is 17.6 Å². The molecule has 0 heterocycles. The summed E-state index contributed by atoms with van der Waals surface area (Å²) in [6, 6.07) is 5.81. The summed E-state index contributed by atoms with van der Waals surface area (Å²) < 4.78 is 0. The molecule has 0 aliphatic heterocycles. The monoisotopic (exact) mass is 451 g/mol. The van der Waals surface area contributed by atoms with Crippen LogP contribution >= 0.6 is 0 Å². The van der Waals surface area contributed by atoms with Gasteiger partial charge in [0, 0.05) is 11.8 Å². The van der Waals surface area contributed by atoms with Gasteiger partial charge in [0.05, 0.1) is 0 Å². The van der Waals surface area contributed by atoms with Crippen LogP contribution in [0.5, 0.6) is 5.75 Å². The largest absolute Gasteiger partial charge is 0.508 e. The first kappa shape index (κ1) is 27.7. The molecule has 0 spiro atoms. The Balaban J connectivity index is 2.33. The second-order valence-electron chi connectivity index (χ2n) is 7.69. The zero-order chi connectivity index (χ0) is 24.2. The van der Waals surface area contributed by atoms with Gasteiger partial charge in [-0.05, 0) is 37.1 Å². The minimum Gasteiger partial charge on any atom is -0.508 e. The average Bonchev–Trinajstić information content (AvgIpc) is 2.80. The lowest BCUT2D eigenvalue weighted by atomic mass is 10.1. The molecule has 0 saturated carbocycles. The summed E-state index contributed by atoms with van der Waals surface area (Å²) in [5, 5.41) is 18.4. The van der Waals surface area contributed by atoms with Crippen LogP contribution in [0, 0.1) is 0 Å². The van der Waals surface area contributed by atoms with E-state index in [0.29, 0.717) is 5.69 Å². The number of hydrogen-bond donors (Lipinski definition) is 2. The maximum absolute atomic E-state index is 12.4. The second kappa shape index (κ2) is 18.3. The highest BCUT2D eigenvalue weighted by Crippen LogP contribution is 2.18. The molecule has 0 saturated heterocycles. The first-order valence-corrected chi connectivity index (χ1v) is 11.7. The molecule has 5 heteroatoms. The highest BCUT2D eigenvalue weighted by atomic mass is 16.4. The number of carbonyl (C=O) groups excluding carboxylic acids is 1.